The molecule has 0 aliphatic carbocycles. The van der Waals surface area contributed by atoms with E-state index in [9.17, 15) is 13.5 Å². The lowest BCUT2D eigenvalue weighted by Gasteiger charge is -2.17. The van der Waals surface area contributed by atoms with Crippen LogP contribution in [0.3, 0.4) is 0 Å². The van der Waals surface area contributed by atoms with Gasteiger partial charge in [-0.25, -0.2) is 13.1 Å². The van der Waals surface area contributed by atoms with Crippen molar-refractivity contribution in [1.29, 1.82) is 0 Å². The Bertz CT molecular complexity index is 570. The van der Waals surface area contributed by atoms with Gasteiger partial charge in [-0.2, -0.15) is 0 Å². The van der Waals surface area contributed by atoms with E-state index < -0.39 is 10.0 Å². The number of halogens is 1. The minimum atomic E-state index is -3.62. The number of hydrogen-bond acceptors (Lipinski definition) is 3. The highest BCUT2D eigenvalue weighted by atomic mass is 35.5. The van der Waals surface area contributed by atoms with Gasteiger partial charge in [-0.3, -0.25) is 0 Å². The van der Waals surface area contributed by atoms with Crippen molar-refractivity contribution in [2.24, 2.45) is 11.8 Å². The van der Waals surface area contributed by atoms with Gasteiger partial charge in [0.2, 0.25) is 10.0 Å². The van der Waals surface area contributed by atoms with Gasteiger partial charge in [-0.1, -0.05) is 32.4 Å². The Morgan fingerprint density at radius 3 is 2.40 bits per heavy atom. The zero-order valence-corrected chi connectivity index (χ0v) is 13.8. The molecule has 20 heavy (non-hydrogen) atoms. The van der Waals surface area contributed by atoms with E-state index >= 15 is 0 Å². The molecule has 0 aromatic heterocycles. The monoisotopic (exact) mass is 319 g/mol. The zero-order chi connectivity index (χ0) is 15.5. The molecular weight excluding hydrogens is 298 g/mol. The van der Waals surface area contributed by atoms with Gasteiger partial charge in [-0.15, -0.1) is 0 Å². The molecule has 0 radical (unpaired) electrons. The molecule has 6 heteroatoms. The first-order valence-electron chi connectivity index (χ1n) is 6.58. The fraction of sp³-hybridized carbons (Fsp3) is 0.571. The fourth-order valence-corrected chi connectivity index (χ4v) is 3.47. The van der Waals surface area contributed by atoms with Crippen molar-refractivity contribution >= 4 is 21.6 Å². The first kappa shape index (κ1) is 17.4. The SMILES string of the molecule is Cc1c(CO)cc(Cl)cc1S(=O)(=O)NCC(C)C(C)C. The van der Waals surface area contributed by atoms with Gasteiger partial charge in [0.1, 0.15) is 0 Å². The maximum atomic E-state index is 12.3. The molecule has 0 saturated heterocycles. The Labute approximate surface area is 126 Å². The van der Waals surface area contributed by atoms with Crippen LogP contribution in [0.5, 0.6) is 0 Å². The van der Waals surface area contributed by atoms with E-state index in [1.165, 1.54) is 6.07 Å². The van der Waals surface area contributed by atoms with Gasteiger partial charge in [0, 0.05) is 11.6 Å². The van der Waals surface area contributed by atoms with E-state index in [1.54, 1.807) is 13.0 Å². The van der Waals surface area contributed by atoms with E-state index in [1.807, 2.05) is 20.8 Å². The van der Waals surface area contributed by atoms with Crippen LogP contribution in [0.25, 0.3) is 0 Å². The summed E-state index contributed by atoms with van der Waals surface area (Å²) in [6.07, 6.45) is 0. The van der Waals surface area contributed by atoms with Gasteiger partial charge >= 0.3 is 0 Å². The third-order valence-electron chi connectivity index (χ3n) is 3.63. The molecule has 0 amide bonds. The highest BCUT2D eigenvalue weighted by Gasteiger charge is 2.20. The average Bonchev–Trinajstić information content (AvgIpc) is 2.37. The van der Waals surface area contributed by atoms with Crippen molar-refractivity contribution in [2.45, 2.75) is 39.2 Å². The summed E-state index contributed by atoms with van der Waals surface area (Å²) in [4.78, 5) is 0.130. The molecule has 0 aliphatic rings. The molecule has 1 atom stereocenters. The van der Waals surface area contributed by atoms with Crippen LogP contribution < -0.4 is 4.72 Å². The van der Waals surface area contributed by atoms with Gasteiger partial charge in [0.25, 0.3) is 0 Å². The van der Waals surface area contributed by atoms with Crippen LogP contribution in [0.4, 0.5) is 0 Å². The highest BCUT2D eigenvalue weighted by Crippen LogP contribution is 2.24. The number of rotatable bonds is 6. The summed E-state index contributed by atoms with van der Waals surface area (Å²) in [6.45, 7) is 7.90. The summed E-state index contributed by atoms with van der Waals surface area (Å²) in [5.41, 5.74) is 1.05. The molecule has 4 nitrogen and oxygen atoms in total. The summed E-state index contributed by atoms with van der Waals surface area (Å²) in [6, 6.07) is 2.99. The van der Waals surface area contributed by atoms with Crippen LogP contribution in [0, 0.1) is 18.8 Å². The third-order valence-corrected chi connectivity index (χ3v) is 5.39. The second-order valence-corrected chi connectivity index (χ2v) is 7.59. The van der Waals surface area contributed by atoms with Gasteiger partial charge in [-0.05, 0) is 42.0 Å². The van der Waals surface area contributed by atoms with Crippen molar-refractivity contribution in [2.75, 3.05) is 6.54 Å². The zero-order valence-electron chi connectivity index (χ0n) is 12.3. The summed E-state index contributed by atoms with van der Waals surface area (Å²) in [7, 11) is -3.62. The van der Waals surface area contributed by atoms with Crippen LogP contribution in [0.15, 0.2) is 17.0 Å². The van der Waals surface area contributed by atoms with Crippen LogP contribution in [0.1, 0.15) is 31.9 Å². The average molecular weight is 320 g/mol. The molecular formula is C14H22ClNO3S. The normalized spacial score (nSPS) is 13.8. The van der Waals surface area contributed by atoms with Crippen molar-refractivity contribution < 1.29 is 13.5 Å². The molecule has 2 N–H and O–H groups in total. The van der Waals surface area contributed by atoms with E-state index in [0.29, 0.717) is 28.6 Å². The molecule has 0 saturated carbocycles. The van der Waals surface area contributed by atoms with Crippen LogP contribution in [0.2, 0.25) is 5.02 Å². The smallest absolute Gasteiger partial charge is 0.240 e. The van der Waals surface area contributed by atoms with Crippen LogP contribution in [-0.2, 0) is 16.6 Å². The van der Waals surface area contributed by atoms with E-state index in [4.69, 9.17) is 11.6 Å². The second kappa shape index (κ2) is 6.89. The lowest BCUT2D eigenvalue weighted by Crippen LogP contribution is -2.30. The number of sulfonamides is 1. The van der Waals surface area contributed by atoms with E-state index in [0.717, 1.165) is 0 Å². The second-order valence-electron chi connectivity index (χ2n) is 5.42. The molecule has 0 fully saturated rings. The molecule has 1 aromatic carbocycles. The highest BCUT2D eigenvalue weighted by molar-refractivity contribution is 7.89. The molecule has 1 unspecified atom stereocenters. The van der Waals surface area contributed by atoms with Crippen LogP contribution in [-0.4, -0.2) is 20.1 Å². The molecule has 0 bridgehead atoms. The van der Waals surface area contributed by atoms with Crippen LogP contribution >= 0.6 is 11.6 Å². The Morgan fingerprint density at radius 2 is 1.90 bits per heavy atom. The predicted octanol–water partition coefficient (Wildman–Crippen LogP) is 2.71. The molecule has 0 spiro atoms. The lowest BCUT2D eigenvalue weighted by atomic mass is 9.99. The molecule has 1 rings (SSSR count). The summed E-state index contributed by atoms with van der Waals surface area (Å²) >= 11 is 5.92. The number of benzene rings is 1. The summed E-state index contributed by atoms with van der Waals surface area (Å²) in [5, 5.41) is 9.55. The third kappa shape index (κ3) is 4.19. The minimum Gasteiger partial charge on any atom is -0.392 e. The number of hydrogen-bond donors (Lipinski definition) is 2. The maximum Gasteiger partial charge on any atom is 0.240 e. The predicted molar refractivity (Wildman–Crippen MR) is 81.3 cm³/mol. The fourth-order valence-electron chi connectivity index (χ4n) is 1.71. The Kier molecular flexibility index (Phi) is 6.01. The van der Waals surface area contributed by atoms with Crippen molar-refractivity contribution in [3.8, 4) is 0 Å². The molecule has 1 aromatic rings. The first-order chi connectivity index (χ1) is 9.19. The van der Waals surface area contributed by atoms with Crippen molar-refractivity contribution in [1.82, 2.24) is 4.72 Å². The minimum absolute atomic E-state index is 0.130. The standard InChI is InChI=1S/C14H22ClNO3S/c1-9(2)10(3)7-16-20(18,19)14-6-13(15)5-12(8-17)11(14)4/h5-6,9-10,16-17H,7-8H2,1-4H3. The van der Waals surface area contributed by atoms with E-state index in [2.05, 4.69) is 4.72 Å². The number of nitrogens with one attached hydrogen (secondary N) is 1. The van der Waals surface area contributed by atoms with Gasteiger partial charge in [0.05, 0.1) is 11.5 Å². The Morgan fingerprint density at radius 1 is 1.30 bits per heavy atom. The van der Waals surface area contributed by atoms with Crippen molar-refractivity contribution in [3.63, 3.8) is 0 Å². The lowest BCUT2D eigenvalue weighted by molar-refractivity contribution is 0.280. The number of aliphatic hydroxyl groups is 1. The quantitative estimate of drug-likeness (QED) is 0.847. The first-order valence-corrected chi connectivity index (χ1v) is 8.44. The topological polar surface area (TPSA) is 66.4 Å². The van der Waals surface area contributed by atoms with Gasteiger partial charge < -0.3 is 5.11 Å². The summed E-state index contributed by atoms with van der Waals surface area (Å²) in [5.74, 6) is 0.632. The Balaban J connectivity index is 3.07. The van der Waals surface area contributed by atoms with E-state index in [-0.39, 0.29) is 17.4 Å². The molecule has 0 heterocycles. The number of aliphatic hydroxyl groups excluding tert-OH is 1. The molecule has 0 aliphatic heterocycles. The summed E-state index contributed by atoms with van der Waals surface area (Å²) < 4.78 is 27.3. The maximum absolute atomic E-state index is 12.3. The van der Waals surface area contributed by atoms with Crippen molar-refractivity contribution in [3.05, 3.63) is 28.3 Å². The Hall–Kier alpha value is -0.620. The largest absolute Gasteiger partial charge is 0.392 e. The molecule has 114 valence electrons. The van der Waals surface area contributed by atoms with Gasteiger partial charge in [0.15, 0.2) is 0 Å².